The average molecular weight is 1290 g/mol. The van der Waals surface area contributed by atoms with Gasteiger partial charge in [0.15, 0.2) is 0 Å². The molecule has 23 N–H and O–H groups in total. The predicted octanol–water partition coefficient (Wildman–Crippen LogP) is 23.5. The summed E-state index contributed by atoms with van der Waals surface area (Å²) in [7, 11) is 18.8. The van der Waals surface area contributed by atoms with Crippen molar-refractivity contribution < 1.29 is 59.1 Å². The number of aromatic hydroxyl groups is 2. The van der Waals surface area contributed by atoms with E-state index in [0.717, 1.165) is 36.9 Å². The minimum Gasteiger partial charge on any atom is -0.508 e. The van der Waals surface area contributed by atoms with Crippen LogP contribution in [0, 0.1) is 0 Å². The first-order chi connectivity index (χ1) is 43.4. The van der Waals surface area contributed by atoms with Crippen LogP contribution in [0.2, 0.25) is 0 Å². The molecule has 14 nitrogen and oxygen atoms in total. The Morgan fingerprint density at radius 2 is 0.471 bits per heavy atom. The Balaban J connectivity index is -0.0000000165. The smallest absolute Gasteiger partial charge is 0.144 e. The van der Waals surface area contributed by atoms with E-state index in [1.807, 2.05) is 165 Å². The second-order valence-corrected chi connectivity index (χ2v) is 10.4. The third kappa shape index (κ3) is 222. The third-order valence-corrected chi connectivity index (χ3v) is 4.70. The maximum absolute atomic E-state index is 8.63. The van der Waals surface area contributed by atoms with E-state index in [4.69, 9.17) is 79.4 Å². The van der Waals surface area contributed by atoms with Crippen LogP contribution in [-0.4, -0.2) is 48.5 Å². The fourth-order valence-corrected chi connectivity index (χ4v) is 2.97. The molecule has 0 aliphatic carbocycles. The molecule has 0 aliphatic rings. The molecule has 0 aromatic heterocycles. The van der Waals surface area contributed by atoms with Gasteiger partial charge in [-0.05, 0) is 101 Å². The van der Waals surface area contributed by atoms with Crippen LogP contribution < -0.4 is 67.1 Å². The molecule has 0 amide bonds. The number of rotatable bonds is 6. The van der Waals surface area contributed by atoms with Crippen molar-refractivity contribution in [1.82, 2.24) is 18.5 Å². The molecule has 0 radical (unpaired) electrons. The first-order valence-electron chi connectivity index (χ1n) is 35.4. The van der Waals surface area contributed by atoms with Crippen molar-refractivity contribution in [1.29, 1.82) is 0 Å². The second-order valence-electron chi connectivity index (χ2n) is 10.4. The minimum atomic E-state index is -0.234. The van der Waals surface area contributed by atoms with Crippen LogP contribution in [0.4, 0.5) is 14.1 Å². The molecule has 5 aromatic rings. The lowest BCUT2D eigenvalue weighted by atomic mass is 10.3. The van der Waals surface area contributed by atoms with Gasteiger partial charge in [0, 0.05) is 26.7 Å². The lowest BCUT2D eigenvalue weighted by Gasteiger charge is -2.07. The highest BCUT2D eigenvalue weighted by atomic mass is 19.0. The standard InChI is InChI=1S/2C8H11NO.C8H10O.2C6H6O.C2H8N2.2C2H7N.3C2H6.20CH4.3FH.3H3N/c2*1-7(9)10-8-5-3-2-4-6-8;1-2-9-8-6-4-3-5-7-8;2*7-6-4-2-1-3-5-6;1-2(3)4;2*1-2-3;3*1-2;;;;;;;;;;;;;;;;;;;;;;;;;;/h2*2-7H,9H2,1H3;3-7H,2H2,1H3;2*1-5,7H;2H,3-4H2,1H3;2*2-3H2,1H3;3*1-2H3;20*1H4;3*1H;3*1H3/i;;;;;;;;;;;15*1T;;;;;;;;;;;. The molecule has 5 rings (SSSR count). The zero-order valence-electron chi connectivity index (χ0n) is 71.7. The summed E-state index contributed by atoms with van der Waals surface area (Å²) in [5, 5.41) is 17.3. The van der Waals surface area contributed by atoms with Gasteiger partial charge in [-0.3, -0.25) is 25.6 Å². The molecule has 0 spiro atoms. The number of phenolic OH excluding ortho intramolecular Hbond substituents is 2. The zero-order valence-corrected chi connectivity index (χ0v) is 56.7. The van der Waals surface area contributed by atoms with Gasteiger partial charge < -0.3 is 65.8 Å². The summed E-state index contributed by atoms with van der Waals surface area (Å²) < 4.78 is 102. The second kappa shape index (κ2) is 192. The van der Waals surface area contributed by atoms with E-state index >= 15 is 0 Å². The molecule has 0 saturated heterocycles. The molecule has 85 heavy (non-hydrogen) atoms. The summed E-state index contributed by atoms with van der Waals surface area (Å²) in [6.07, 6.45) is -0.634. The molecule has 17 heteroatoms. The summed E-state index contributed by atoms with van der Waals surface area (Å²) >= 11 is 0. The molecular weight excluding hydrogens is 1080 g/mol. The van der Waals surface area contributed by atoms with E-state index in [-0.39, 0.29) is 88.3 Å². The zero-order chi connectivity index (χ0) is 76.5. The van der Waals surface area contributed by atoms with Crippen molar-refractivity contribution in [2.75, 3.05) is 19.7 Å². The van der Waals surface area contributed by atoms with Gasteiger partial charge in [-0.2, -0.15) is 0 Å². The summed E-state index contributed by atoms with van der Waals surface area (Å²) in [5.74, 6) is 3.22. The van der Waals surface area contributed by atoms with Crippen molar-refractivity contribution in [3.05, 3.63) is 152 Å². The number of halogens is 3. The normalized spacial score (nSPS) is 7.62. The van der Waals surface area contributed by atoms with Crippen LogP contribution in [0.5, 0.6) is 28.7 Å². The highest BCUT2D eigenvalue weighted by molar-refractivity contribution is 5.22. The topological polar surface area (TPSA) is 329 Å². The SMILES string of the molecule is C.C.C.C.C.CC.CC.CC.CC(N)N.CC(N)Oc1ccccc1.CC(N)Oc1ccccc1.CCN.CCN.CCOc1ccccc1.F.F.F.N.N.N.Oc1ccccc1.Oc1ccccc1.[3H]C.[3H]C.[3H]C.[3H]C.[3H]C.[3H]C.[3H]C.[3H]C.[3H]C.[3H]C.[3H]C.[3H]C.[3H]C.[3H]C.[3H]C. The first kappa shape index (κ1) is 125. The Labute approximate surface area is 560 Å². The number of benzene rings is 5. The maximum atomic E-state index is 8.63. The summed E-state index contributed by atoms with van der Waals surface area (Å²) in [6, 6.07) is 46.3. The first-order valence-corrected chi connectivity index (χ1v) is 20.4. The number of para-hydroxylation sites is 5. The molecule has 0 heterocycles. The molecule has 2 unspecified atom stereocenters. The molecule has 544 valence electrons. The number of phenols is 2. The van der Waals surface area contributed by atoms with Gasteiger partial charge in [0.25, 0.3) is 0 Å². The van der Waals surface area contributed by atoms with Crippen LogP contribution in [-0.2, 0) is 0 Å². The lowest BCUT2D eigenvalue weighted by molar-refractivity contribution is 0.229. The highest BCUT2D eigenvalue weighted by Gasteiger charge is 1.94. The van der Waals surface area contributed by atoms with E-state index < -0.39 is 0 Å². The minimum absolute atomic E-state index is 0. The molecule has 0 fully saturated rings. The van der Waals surface area contributed by atoms with Crippen molar-refractivity contribution in [3.63, 3.8) is 0 Å². The Morgan fingerprint density at radius 3 is 0.576 bits per heavy atom. The fourth-order valence-electron chi connectivity index (χ4n) is 2.97. The summed E-state index contributed by atoms with van der Waals surface area (Å²) in [4.78, 5) is 0. The average Bonchev–Trinajstić information content (AvgIpc) is 1.97. The summed E-state index contributed by atoms with van der Waals surface area (Å²) in [5.41, 5.74) is 30.3. The maximum Gasteiger partial charge on any atom is 0.144 e. The van der Waals surface area contributed by atoms with Gasteiger partial charge in [-0.1, -0.05) is 295 Å². The van der Waals surface area contributed by atoms with Gasteiger partial charge in [0.05, 0.1) is 6.61 Å². The number of ether oxygens (including phenoxy) is 3. The molecule has 0 bridgehead atoms. The number of hydrogen-bond acceptors (Lipinski definition) is 14. The largest absolute Gasteiger partial charge is 0.508 e. The van der Waals surface area contributed by atoms with E-state index in [0.29, 0.717) is 11.5 Å². The van der Waals surface area contributed by atoms with E-state index in [2.05, 4.69) is 0 Å². The molecule has 2 atom stereocenters. The van der Waals surface area contributed by atoms with Gasteiger partial charge in [-0.25, -0.2) is 0 Å². The Hall–Kier alpha value is -5.47. The van der Waals surface area contributed by atoms with E-state index in [9.17, 15) is 0 Å². The van der Waals surface area contributed by atoms with Gasteiger partial charge in [0.2, 0.25) is 0 Å². The Kier molecular flexibility index (Phi) is 284. The highest BCUT2D eigenvalue weighted by Crippen LogP contribution is 2.10. The molecule has 0 aliphatic heterocycles. The quantitative estimate of drug-likeness (QED) is 0.0705. The van der Waals surface area contributed by atoms with Crippen molar-refractivity contribution in [2.24, 2.45) is 34.4 Å². The monoisotopic (exact) mass is 1290 g/mol. The Bertz CT molecular complexity index is 1380. The van der Waals surface area contributed by atoms with Crippen LogP contribution in [0.15, 0.2) is 152 Å². The number of hydrogen-bond donors (Lipinski definition) is 11. The van der Waals surface area contributed by atoms with Crippen LogP contribution in [0.1, 0.15) is 252 Å². The Morgan fingerprint density at radius 1 is 0.341 bits per heavy atom. The van der Waals surface area contributed by atoms with Crippen molar-refractivity contribution >= 4 is 0 Å². The van der Waals surface area contributed by atoms with E-state index in [1.165, 1.54) is 111 Å². The molecule has 5 aromatic carbocycles. The number of nitrogens with two attached hydrogens (primary N) is 6. The van der Waals surface area contributed by atoms with Gasteiger partial charge in [0.1, 0.15) is 41.2 Å². The molecular formula is C68H176F3N9O5. The van der Waals surface area contributed by atoms with Crippen LogP contribution in [0.25, 0.3) is 0 Å². The van der Waals surface area contributed by atoms with Gasteiger partial charge in [-0.15, -0.1) is 0 Å². The van der Waals surface area contributed by atoms with Crippen molar-refractivity contribution in [3.8, 4) is 28.7 Å². The van der Waals surface area contributed by atoms with Crippen LogP contribution >= 0.6 is 0 Å². The third-order valence-electron chi connectivity index (χ3n) is 4.70. The lowest BCUT2D eigenvalue weighted by Crippen LogP contribution is -2.25. The fraction of sp³-hybridized carbons (Fsp3) is 0.559. The summed E-state index contributed by atoms with van der Waals surface area (Å²) in [6.45, 7) is 25.3. The predicted molar refractivity (Wildman–Crippen MR) is 414 cm³/mol. The van der Waals surface area contributed by atoms with Gasteiger partial charge >= 0.3 is 0 Å². The van der Waals surface area contributed by atoms with E-state index in [1.54, 1.807) is 69.3 Å². The molecule has 0 saturated carbocycles. The van der Waals surface area contributed by atoms with Crippen molar-refractivity contribution in [2.45, 2.75) is 250 Å². The van der Waals surface area contributed by atoms with Crippen LogP contribution in [0.3, 0.4) is 0 Å².